The van der Waals surface area contributed by atoms with Gasteiger partial charge in [-0.2, -0.15) is 0 Å². The fourth-order valence-corrected chi connectivity index (χ4v) is 1.72. The van der Waals surface area contributed by atoms with Crippen molar-refractivity contribution in [1.82, 2.24) is 0 Å². The number of esters is 3. The van der Waals surface area contributed by atoms with E-state index in [0.717, 1.165) is 12.8 Å². The van der Waals surface area contributed by atoms with Crippen molar-refractivity contribution in [2.45, 2.75) is 64.9 Å². The van der Waals surface area contributed by atoms with Gasteiger partial charge in [0.15, 0.2) is 5.60 Å². The molecule has 7 heteroatoms. The Labute approximate surface area is 137 Å². The second-order valence-electron chi connectivity index (χ2n) is 5.25. The summed E-state index contributed by atoms with van der Waals surface area (Å²) in [5.74, 6) is -2.53. The Morgan fingerprint density at radius 2 is 1.30 bits per heavy atom. The molecule has 23 heavy (non-hydrogen) atoms. The van der Waals surface area contributed by atoms with Gasteiger partial charge in [0.25, 0.3) is 0 Å². The smallest absolute Gasteiger partial charge is 0.339 e. The van der Waals surface area contributed by atoms with Gasteiger partial charge in [0.2, 0.25) is 0 Å². The van der Waals surface area contributed by atoms with Crippen molar-refractivity contribution in [3.8, 4) is 0 Å². The zero-order valence-corrected chi connectivity index (χ0v) is 14.3. The van der Waals surface area contributed by atoms with E-state index < -0.39 is 36.4 Å². The van der Waals surface area contributed by atoms with Crippen molar-refractivity contribution in [3.05, 3.63) is 0 Å². The molecule has 0 heterocycles. The standard InChI is InChI=1S/C16H28O7/c1-4-7-9-22-14(18)12-16(20,11-13(17)21-6-3)15(19)23-10-8-5-2/h20H,4-12H2,1-3H3. The van der Waals surface area contributed by atoms with Gasteiger partial charge < -0.3 is 19.3 Å². The number of hydrogen-bond donors (Lipinski definition) is 1. The summed E-state index contributed by atoms with van der Waals surface area (Å²) in [6.45, 7) is 5.90. The van der Waals surface area contributed by atoms with Gasteiger partial charge in [-0.05, 0) is 19.8 Å². The van der Waals surface area contributed by atoms with E-state index >= 15 is 0 Å². The highest BCUT2D eigenvalue weighted by atomic mass is 16.6. The average molecular weight is 332 g/mol. The quantitative estimate of drug-likeness (QED) is 0.330. The van der Waals surface area contributed by atoms with Gasteiger partial charge in [-0.25, -0.2) is 4.79 Å². The van der Waals surface area contributed by atoms with Crippen LogP contribution in [0.3, 0.4) is 0 Å². The highest BCUT2D eigenvalue weighted by molar-refractivity contribution is 5.90. The molecule has 0 aromatic rings. The molecule has 0 aromatic carbocycles. The van der Waals surface area contributed by atoms with Crippen LogP contribution in [0.15, 0.2) is 0 Å². The molecule has 1 atom stereocenters. The summed E-state index contributed by atoms with van der Waals surface area (Å²) in [5, 5.41) is 10.4. The zero-order valence-electron chi connectivity index (χ0n) is 14.3. The summed E-state index contributed by atoms with van der Waals surface area (Å²) >= 11 is 0. The van der Waals surface area contributed by atoms with Crippen LogP contribution in [0, 0.1) is 0 Å². The third-order valence-electron chi connectivity index (χ3n) is 3.05. The molecule has 1 unspecified atom stereocenters. The van der Waals surface area contributed by atoms with Crippen LogP contribution in [0.4, 0.5) is 0 Å². The van der Waals surface area contributed by atoms with Crippen LogP contribution in [-0.4, -0.2) is 48.4 Å². The van der Waals surface area contributed by atoms with Crippen molar-refractivity contribution in [2.24, 2.45) is 0 Å². The van der Waals surface area contributed by atoms with E-state index in [9.17, 15) is 19.5 Å². The van der Waals surface area contributed by atoms with Crippen molar-refractivity contribution in [1.29, 1.82) is 0 Å². The van der Waals surface area contributed by atoms with Crippen LogP contribution < -0.4 is 0 Å². The number of ether oxygens (including phenoxy) is 3. The predicted octanol–water partition coefficient (Wildman–Crippen LogP) is 1.75. The highest BCUT2D eigenvalue weighted by Gasteiger charge is 2.43. The maximum Gasteiger partial charge on any atom is 0.339 e. The van der Waals surface area contributed by atoms with Crippen molar-refractivity contribution in [2.75, 3.05) is 19.8 Å². The Hall–Kier alpha value is -1.63. The monoisotopic (exact) mass is 332 g/mol. The van der Waals surface area contributed by atoms with Gasteiger partial charge in [-0.15, -0.1) is 0 Å². The molecule has 0 aromatic heterocycles. The molecule has 134 valence electrons. The second kappa shape index (κ2) is 11.9. The summed E-state index contributed by atoms with van der Waals surface area (Å²) in [4.78, 5) is 35.4. The molecule has 0 bridgehead atoms. The van der Waals surface area contributed by atoms with Crippen LogP contribution in [0.2, 0.25) is 0 Å². The molecule has 0 radical (unpaired) electrons. The first-order chi connectivity index (χ1) is 10.9. The third-order valence-corrected chi connectivity index (χ3v) is 3.05. The molecule has 0 amide bonds. The number of aliphatic hydroxyl groups is 1. The maximum absolute atomic E-state index is 12.1. The number of carbonyl (C=O) groups is 3. The van der Waals surface area contributed by atoms with Crippen molar-refractivity contribution < 1.29 is 33.7 Å². The van der Waals surface area contributed by atoms with Crippen molar-refractivity contribution >= 4 is 17.9 Å². The molecule has 0 spiro atoms. The van der Waals surface area contributed by atoms with E-state index in [1.165, 1.54) is 0 Å². The number of hydrogen-bond acceptors (Lipinski definition) is 7. The lowest BCUT2D eigenvalue weighted by Crippen LogP contribution is -2.45. The molecule has 0 aliphatic heterocycles. The normalized spacial score (nSPS) is 13.0. The summed E-state index contributed by atoms with van der Waals surface area (Å²) in [5.41, 5.74) is -2.26. The minimum atomic E-state index is -2.26. The molecular formula is C16H28O7. The molecule has 0 aliphatic rings. The zero-order chi connectivity index (χ0) is 17.7. The minimum Gasteiger partial charge on any atom is -0.466 e. The highest BCUT2D eigenvalue weighted by Crippen LogP contribution is 2.20. The van der Waals surface area contributed by atoms with E-state index in [-0.39, 0.29) is 19.8 Å². The first kappa shape index (κ1) is 21.4. The van der Waals surface area contributed by atoms with E-state index in [2.05, 4.69) is 0 Å². The van der Waals surface area contributed by atoms with Crippen LogP contribution in [-0.2, 0) is 28.6 Å². The third kappa shape index (κ3) is 9.18. The summed E-state index contributed by atoms with van der Waals surface area (Å²) in [7, 11) is 0. The first-order valence-electron chi connectivity index (χ1n) is 8.10. The van der Waals surface area contributed by atoms with Crippen LogP contribution in [0.25, 0.3) is 0 Å². The first-order valence-corrected chi connectivity index (χ1v) is 8.10. The number of rotatable bonds is 12. The van der Waals surface area contributed by atoms with E-state index in [0.29, 0.717) is 12.8 Å². The van der Waals surface area contributed by atoms with Gasteiger partial charge in [0.1, 0.15) is 0 Å². The Morgan fingerprint density at radius 1 is 0.826 bits per heavy atom. The molecule has 1 N–H and O–H groups in total. The number of unbranched alkanes of at least 4 members (excludes halogenated alkanes) is 2. The summed E-state index contributed by atoms with van der Waals surface area (Å²) < 4.78 is 14.6. The minimum absolute atomic E-state index is 0.112. The maximum atomic E-state index is 12.1. The average Bonchev–Trinajstić information content (AvgIpc) is 2.47. The van der Waals surface area contributed by atoms with E-state index in [4.69, 9.17) is 14.2 Å². The van der Waals surface area contributed by atoms with Gasteiger partial charge >= 0.3 is 17.9 Å². The van der Waals surface area contributed by atoms with Gasteiger partial charge in [-0.3, -0.25) is 9.59 Å². The Morgan fingerprint density at radius 3 is 1.78 bits per heavy atom. The molecule has 0 fully saturated rings. The van der Waals surface area contributed by atoms with E-state index in [1.54, 1.807) is 6.92 Å². The largest absolute Gasteiger partial charge is 0.466 e. The van der Waals surface area contributed by atoms with Gasteiger partial charge in [-0.1, -0.05) is 26.7 Å². The molecule has 7 nitrogen and oxygen atoms in total. The Kier molecular flexibility index (Phi) is 11.0. The van der Waals surface area contributed by atoms with Crippen LogP contribution in [0.5, 0.6) is 0 Å². The molecular weight excluding hydrogens is 304 g/mol. The van der Waals surface area contributed by atoms with Crippen LogP contribution >= 0.6 is 0 Å². The predicted molar refractivity (Wildman–Crippen MR) is 82.6 cm³/mol. The lowest BCUT2D eigenvalue weighted by molar-refractivity contribution is -0.177. The SMILES string of the molecule is CCCCOC(=O)CC(O)(CC(=O)OCC)C(=O)OCCCC. The van der Waals surface area contributed by atoms with Gasteiger partial charge in [0.05, 0.1) is 32.7 Å². The Balaban J connectivity index is 4.79. The number of carbonyl (C=O) groups excluding carboxylic acids is 3. The summed E-state index contributed by atoms with van der Waals surface area (Å²) in [6, 6.07) is 0. The van der Waals surface area contributed by atoms with Crippen molar-refractivity contribution in [3.63, 3.8) is 0 Å². The lowest BCUT2D eigenvalue weighted by atomic mass is 9.95. The fraction of sp³-hybridized carbons (Fsp3) is 0.812. The lowest BCUT2D eigenvalue weighted by Gasteiger charge is -2.24. The molecule has 0 rings (SSSR count). The molecule has 0 aliphatic carbocycles. The molecule has 0 saturated heterocycles. The summed E-state index contributed by atoms with van der Waals surface area (Å²) in [6.07, 6.45) is 1.68. The van der Waals surface area contributed by atoms with Crippen LogP contribution in [0.1, 0.15) is 59.3 Å². The Bertz CT molecular complexity index is 381. The topological polar surface area (TPSA) is 99.1 Å². The fourth-order valence-electron chi connectivity index (χ4n) is 1.72. The second-order valence-corrected chi connectivity index (χ2v) is 5.25. The molecule has 0 saturated carbocycles. The van der Waals surface area contributed by atoms with E-state index in [1.807, 2.05) is 13.8 Å². The van der Waals surface area contributed by atoms with Gasteiger partial charge in [0, 0.05) is 0 Å².